The van der Waals surface area contributed by atoms with Gasteiger partial charge in [0.1, 0.15) is 5.60 Å². The van der Waals surface area contributed by atoms with Gasteiger partial charge in [0.25, 0.3) is 0 Å². The molecule has 0 saturated heterocycles. The monoisotopic (exact) mass is 275 g/mol. The van der Waals surface area contributed by atoms with Crippen LogP contribution < -0.4 is 5.32 Å². The molecule has 1 rings (SSSR count). The van der Waals surface area contributed by atoms with Crippen LogP contribution in [0.3, 0.4) is 0 Å². The summed E-state index contributed by atoms with van der Waals surface area (Å²) in [5.74, 6) is -0.735. The third-order valence-electron chi connectivity index (χ3n) is 2.41. The Morgan fingerprint density at radius 1 is 1.30 bits per heavy atom. The molecule has 0 aliphatic heterocycles. The Kier molecular flexibility index (Phi) is 5.50. The molecule has 0 aliphatic rings. The first kappa shape index (κ1) is 16.0. The second-order valence-electron chi connectivity index (χ2n) is 5.44. The maximum absolute atomic E-state index is 12.2. The molecule has 1 aromatic carbocycles. The number of carbonyl (C=O) groups is 2. The van der Waals surface area contributed by atoms with E-state index in [9.17, 15) is 9.59 Å². The molecule has 1 atom stereocenters. The van der Waals surface area contributed by atoms with Crippen LogP contribution in [0.1, 0.15) is 38.8 Å². The maximum Gasteiger partial charge on any atom is 0.333 e. The molecule has 1 N–H and O–H groups in total. The van der Waals surface area contributed by atoms with Crippen molar-refractivity contribution in [1.82, 2.24) is 5.32 Å². The highest BCUT2D eigenvalue weighted by Crippen LogP contribution is 2.18. The summed E-state index contributed by atoms with van der Waals surface area (Å²) in [6.45, 7) is 8.88. The SMILES string of the molecule is C=CCC(=O)N[C@H](C(=O)OC(C)(C)C)c1ccccc1. The van der Waals surface area contributed by atoms with Crippen molar-refractivity contribution in [3.8, 4) is 0 Å². The molecule has 0 fully saturated rings. The van der Waals surface area contributed by atoms with Gasteiger partial charge in [0.05, 0.1) is 0 Å². The number of hydrogen-bond donors (Lipinski definition) is 1. The lowest BCUT2D eigenvalue weighted by atomic mass is 10.1. The third-order valence-corrected chi connectivity index (χ3v) is 2.41. The summed E-state index contributed by atoms with van der Waals surface area (Å²) < 4.78 is 5.35. The minimum Gasteiger partial charge on any atom is -0.458 e. The molecule has 4 heteroatoms. The average molecular weight is 275 g/mol. The molecule has 108 valence electrons. The second kappa shape index (κ2) is 6.89. The molecule has 0 spiro atoms. The number of rotatable bonds is 5. The molecule has 0 saturated carbocycles. The van der Waals surface area contributed by atoms with Crippen molar-refractivity contribution in [3.63, 3.8) is 0 Å². The summed E-state index contributed by atoms with van der Waals surface area (Å²) >= 11 is 0. The first-order chi connectivity index (χ1) is 9.33. The third kappa shape index (κ3) is 5.26. The number of benzene rings is 1. The summed E-state index contributed by atoms with van der Waals surface area (Å²) in [5, 5.41) is 2.67. The largest absolute Gasteiger partial charge is 0.458 e. The van der Waals surface area contributed by atoms with E-state index >= 15 is 0 Å². The van der Waals surface area contributed by atoms with E-state index in [1.54, 1.807) is 32.9 Å². The zero-order valence-corrected chi connectivity index (χ0v) is 12.2. The summed E-state index contributed by atoms with van der Waals surface area (Å²) in [5.41, 5.74) is 0.0898. The van der Waals surface area contributed by atoms with Crippen molar-refractivity contribution in [3.05, 3.63) is 48.6 Å². The van der Waals surface area contributed by atoms with Gasteiger partial charge in [-0.1, -0.05) is 36.4 Å². The Morgan fingerprint density at radius 2 is 1.90 bits per heavy atom. The van der Waals surface area contributed by atoms with Crippen LogP contribution in [0.4, 0.5) is 0 Å². The minimum absolute atomic E-state index is 0.159. The highest BCUT2D eigenvalue weighted by atomic mass is 16.6. The predicted molar refractivity (Wildman–Crippen MR) is 78.0 cm³/mol. The highest BCUT2D eigenvalue weighted by molar-refractivity contribution is 5.86. The van der Waals surface area contributed by atoms with Crippen LogP contribution >= 0.6 is 0 Å². The fourth-order valence-electron chi connectivity index (χ4n) is 1.64. The van der Waals surface area contributed by atoms with E-state index < -0.39 is 17.6 Å². The van der Waals surface area contributed by atoms with Gasteiger partial charge in [-0.25, -0.2) is 4.79 Å². The minimum atomic E-state index is -0.803. The van der Waals surface area contributed by atoms with Gasteiger partial charge < -0.3 is 10.1 Å². The van der Waals surface area contributed by atoms with E-state index in [0.29, 0.717) is 5.56 Å². The summed E-state index contributed by atoms with van der Waals surface area (Å²) in [6, 6.07) is 8.23. The van der Waals surface area contributed by atoms with Gasteiger partial charge in [-0.05, 0) is 26.3 Å². The van der Waals surface area contributed by atoms with Crippen LogP contribution in [0.15, 0.2) is 43.0 Å². The van der Waals surface area contributed by atoms with Crippen molar-refractivity contribution in [2.75, 3.05) is 0 Å². The quantitative estimate of drug-likeness (QED) is 0.664. The number of hydrogen-bond acceptors (Lipinski definition) is 3. The van der Waals surface area contributed by atoms with Crippen LogP contribution in [-0.2, 0) is 14.3 Å². The van der Waals surface area contributed by atoms with Crippen LogP contribution in [0.25, 0.3) is 0 Å². The molecule has 20 heavy (non-hydrogen) atoms. The molecule has 4 nitrogen and oxygen atoms in total. The summed E-state index contributed by atoms with van der Waals surface area (Å²) in [6.07, 6.45) is 1.65. The first-order valence-corrected chi connectivity index (χ1v) is 6.51. The smallest absolute Gasteiger partial charge is 0.333 e. The van der Waals surface area contributed by atoms with Crippen molar-refractivity contribution in [1.29, 1.82) is 0 Å². The van der Waals surface area contributed by atoms with Gasteiger partial charge in [0, 0.05) is 6.42 Å². The number of esters is 1. The van der Waals surface area contributed by atoms with E-state index in [1.807, 2.05) is 18.2 Å². The molecule has 0 aliphatic carbocycles. The Balaban J connectivity index is 2.93. The Hall–Kier alpha value is -2.10. The summed E-state index contributed by atoms with van der Waals surface area (Å²) in [4.78, 5) is 23.9. The molecule has 0 aromatic heterocycles. The molecular formula is C16H21NO3. The number of amides is 1. The van der Waals surface area contributed by atoms with Crippen molar-refractivity contribution in [2.45, 2.75) is 38.8 Å². The van der Waals surface area contributed by atoms with E-state index in [4.69, 9.17) is 4.74 Å². The van der Waals surface area contributed by atoms with Crippen molar-refractivity contribution in [2.24, 2.45) is 0 Å². The van der Waals surface area contributed by atoms with Crippen molar-refractivity contribution < 1.29 is 14.3 Å². The Morgan fingerprint density at radius 3 is 2.40 bits per heavy atom. The van der Waals surface area contributed by atoms with Gasteiger partial charge in [-0.15, -0.1) is 6.58 Å². The van der Waals surface area contributed by atoms with E-state index in [0.717, 1.165) is 0 Å². The van der Waals surface area contributed by atoms with Crippen LogP contribution in [0, 0.1) is 0 Å². The van der Waals surface area contributed by atoms with Crippen LogP contribution in [0.2, 0.25) is 0 Å². The Labute approximate surface area is 119 Å². The predicted octanol–water partition coefficient (Wildman–Crippen LogP) is 2.76. The van der Waals surface area contributed by atoms with E-state index in [2.05, 4.69) is 11.9 Å². The molecule has 0 unspecified atom stereocenters. The highest BCUT2D eigenvalue weighted by Gasteiger charge is 2.27. The number of ether oxygens (including phenoxy) is 1. The van der Waals surface area contributed by atoms with Crippen molar-refractivity contribution >= 4 is 11.9 Å². The lowest BCUT2D eigenvalue weighted by Crippen LogP contribution is -2.37. The molecular weight excluding hydrogens is 254 g/mol. The topological polar surface area (TPSA) is 55.4 Å². The fraction of sp³-hybridized carbons (Fsp3) is 0.375. The molecule has 1 amide bonds. The standard InChI is InChI=1S/C16H21NO3/c1-5-9-13(18)17-14(12-10-7-6-8-11-12)15(19)20-16(2,3)4/h5-8,10-11,14H,1,9H2,2-4H3,(H,17,18)/t14-/m0/s1. The van der Waals surface area contributed by atoms with E-state index in [-0.39, 0.29) is 12.3 Å². The average Bonchev–Trinajstić information content (AvgIpc) is 2.35. The fourth-order valence-corrected chi connectivity index (χ4v) is 1.64. The van der Waals surface area contributed by atoms with Gasteiger partial charge in [-0.2, -0.15) is 0 Å². The van der Waals surface area contributed by atoms with Gasteiger partial charge in [0.2, 0.25) is 5.91 Å². The maximum atomic E-state index is 12.2. The zero-order valence-electron chi connectivity index (χ0n) is 12.2. The summed E-state index contributed by atoms with van der Waals surface area (Å²) in [7, 11) is 0. The lowest BCUT2D eigenvalue weighted by molar-refractivity contribution is -0.158. The molecule has 0 heterocycles. The second-order valence-corrected chi connectivity index (χ2v) is 5.44. The lowest BCUT2D eigenvalue weighted by Gasteiger charge is -2.24. The Bertz CT molecular complexity index is 474. The van der Waals surface area contributed by atoms with Gasteiger partial charge in [-0.3, -0.25) is 4.79 Å². The molecule has 0 radical (unpaired) electrons. The van der Waals surface area contributed by atoms with Crippen LogP contribution in [-0.4, -0.2) is 17.5 Å². The van der Waals surface area contributed by atoms with E-state index in [1.165, 1.54) is 6.08 Å². The van der Waals surface area contributed by atoms with Gasteiger partial charge >= 0.3 is 5.97 Å². The number of nitrogens with one attached hydrogen (secondary N) is 1. The molecule has 1 aromatic rings. The molecule has 0 bridgehead atoms. The normalized spacial score (nSPS) is 12.3. The van der Waals surface area contributed by atoms with Gasteiger partial charge in [0.15, 0.2) is 6.04 Å². The first-order valence-electron chi connectivity index (χ1n) is 6.51. The zero-order chi connectivity index (χ0) is 15.2. The van der Waals surface area contributed by atoms with Crippen LogP contribution in [0.5, 0.6) is 0 Å². The number of carbonyl (C=O) groups excluding carboxylic acids is 2.